The second-order valence-electron chi connectivity index (χ2n) is 4.64. The first-order valence-electron chi connectivity index (χ1n) is 6.38. The van der Waals surface area contributed by atoms with E-state index in [1.807, 2.05) is 12.1 Å². The maximum absolute atomic E-state index is 11.6. The molecule has 0 saturated carbocycles. The highest BCUT2D eigenvalue weighted by Crippen LogP contribution is 2.27. The minimum atomic E-state index is -0.313. The zero-order valence-corrected chi connectivity index (χ0v) is 10.7. The first-order valence-corrected chi connectivity index (χ1v) is 6.38. The number of nitrogens with one attached hydrogen (secondary N) is 1. The maximum atomic E-state index is 11.6. The van der Waals surface area contributed by atoms with Gasteiger partial charge in [0.05, 0.1) is 12.7 Å². The van der Waals surface area contributed by atoms with Crippen molar-refractivity contribution in [3.63, 3.8) is 0 Å². The summed E-state index contributed by atoms with van der Waals surface area (Å²) in [4.78, 5) is 11.6. The van der Waals surface area contributed by atoms with Gasteiger partial charge in [-0.1, -0.05) is 12.1 Å². The Kier molecular flexibility index (Phi) is 4.33. The SMILES string of the molecule is COC(=O)c1ccc(C2CCNCC2)cc1CN. The molecule has 18 heavy (non-hydrogen) atoms. The minimum Gasteiger partial charge on any atom is -0.465 e. The van der Waals surface area contributed by atoms with Crippen LogP contribution in [0.25, 0.3) is 0 Å². The van der Waals surface area contributed by atoms with Crippen molar-refractivity contribution in [3.05, 3.63) is 34.9 Å². The molecule has 0 aliphatic carbocycles. The van der Waals surface area contributed by atoms with Crippen molar-refractivity contribution >= 4 is 5.97 Å². The molecule has 98 valence electrons. The van der Waals surface area contributed by atoms with E-state index >= 15 is 0 Å². The van der Waals surface area contributed by atoms with Crippen LogP contribution in [0.4, 0.5) is 0 Å². The molecule has 0 unspecified atom stereocenters. The number of rotatable bonds is 3. The molecule has 0 atom stereocenters. The number of hydrogen-bond donors (Lipinski definition) is 2. The maximum Gasteiger partial charge on any atom is 0.338 e. The van der Waals surface area contributed by atoms with Crippen LogP contribution >= 0.6 is 0 Å². The lowest BCUT2D eigenvalue weighted by Gasteiger charge is -2.23. The summed E-state index contributed by atoms with van der Waals surface area (Å²) in [5, 5.41) is 3.35. The Balaban J connectivity index is 2.26. The summed E-state index contributed by atoms with van der Waals surface area (Å²) in [7, 11) is 1.39. The summed E-state index contributed by atoms with van der Waals surface area (Å²) in [5.74, 6) is 0.260. The van der Waals surface area contributed by atoms with E-state index in [9.17, 15) is 4.79 Å². The normalized spacial score (nSPS) is 16.6. The average molecular weight is 248 g/mol. The molecule has 1 heterocycles. The van der Waals surface area contributed by atoms with Crippen molar-refractivity contribution < 1.29 is 9.53 Å². The van der Waals surface area contributed by atoms with E-state index in [2.05, 4.69) is 11.4 Å². The topological polar surface area (TPSA) is 64.3 Å². The monoisotopic (exact) mass is 248 g/mol. The molecule has 1 aromatic rings. The van der Waals surface area contributed by atoms with Crippen LogP contribution in [0.5, 0.6) is 0 Å². The van der Waals surface area contributed by atoms with E-state index in [1.165, 1.54) is 12.7 Å². The third kappa shape index (κ3) is 2.71. The second-order valence-corrected chi connectivity index (χ2v) is 4.64. The lowest BCUT2D eigenvalue weighted by atomic mass is 9.88. The first kappa shape index (κ1) is 13.1. The Labute approximate surface area is 108 Å². The third-order valence-electron chi connectivity index (χ3n) is 3.57. The summed E-state index contributed by atoms with van der Waals surface area (Å²) in [5.41, 5.74) is 8.46. The summed E-state index contributed by atoms with van der Waals surface area (Å²) in [6.07, 6.45) is 2.28. The Hall–Kier alpha value is -1.39. The molecule has 0 bridgehead atoms. The van der Waals surface area contributed by atoms with Gasteiger partial charge < -0.3 is 15.8 Å². The molecule has 2 rings (SSSR count). The van der Waals surface area contributed by atoms with E-state index in [1.54, 1.807) is 0 Å². The van der Waals surface area contributed by atoms with Crippen LogP contribution in [0.1, 0.15) is 40.2 Å². The third-order valence-corrected chi connectivity index (χ3v) is 3.57. The van der Waals surface area contributed by atoms with E-state index in [0.29, 0.717) is 18.0 Å². The van der Waals surface area contributed by atoms with E-state index in [-0.39, 0.29) is 5.97 Å². The van der Waals surface area contributed by atoms with Crippen molar-refractivity contribution in [3.8, 4) is 0 Å². The number of piperidine rings is 1. The second kappa shape index (κ2) is 5.98. The number of ether oxygens (including phenoxy) is 1. The number of methoxy groups -OCH3 is 1. The molecule has 1 aliphatic heterocycles. The van der Waals surface area contributed by atoms with E-state index in [0.717, 1.165) is 31.5 Å². The molecular formula is C14H20N2O2. The fourth-order valence-corrected chi connectivity index (χ4v) is 2.50. The molecule has 4 nitrogen and oxygen atoms in total. The number of carbonyl (C=O) groups is 1. The van der Waals surface area contributed by atoms with Crippen molar-refractivity contribution in [2.45, 2.75) is 25.3 Å². The minimum absolute atomic E-state index is 0.313. The Morgan fingerprint density at radius 3 is 2.78 bits per heavy atom. The lowest BCUT2D eigenvalue weighted by Crippen LogP contribution is -2.26. The molecule has 1 saturated heterocycles. The quantitative estimate of drug-likeness (QED) is 0.794. The average Bonchev–Trinajstić information content (AvgIpc) is 2.46. The molecule has 1 aromatic carbocycles. The number of hydrogen-bond acceptors (Lipinski definition) is 4. The van der Waals surface area contributed by atoms with Gasteiger partial charge in [0.1, 0.15) is 0 Å². The smallest absolute Gasteiger partial charge is 0.338 e. The van der Waals surface area contributed by atoms with Crippen molar-refractivity contribution in [1.82, 2.24) is 5.32 Å². The van der Waals surface area contributed by atoms with Gasteiger partial charge in [0.25, 0.3) is 0 Å². The van der Waals surface area contributed by atoms with Gasteiger partial charge in [0.15, 0.2) is 0 Å². The molecule has 1 aliphatic rings. The lowest BCUT2D eigenvalue weighted by molar-refractivity contribution is 0.0599. The number of nitrogens with two attached hydrogens (primary N) is 1. The summed E-state index contributed by atoms with van der Waals surface area (Å²) in [6, 6.07) is 5.93. The molecular weight excluding hydrogens is 228 g/mol. The summed E-state index contributed by atoms with van der Waals surface area (Å²) < 4.78 is 4.76. The van der Waals surface area contributed by atoms with Crippen LogP contribution in [-0.4, -0.2) is 26.2 Å². The first-order chi connectivity index (χ1) is 8.76. The standard InChI is InChI=1S/C14H20N2O2/c1-18-14(17)13-3-2-11(8-12(13)9-15)10-4-6-16-7-5-10/h2-3,8,10,16H,4-7,9,15H2,1H3. The van der Waals surface area contributed by atoms with E-state index < -0.39 is 0 Å². The fourth-order valence-electron chi connectivity index (χ4n) is 2.50. The molecule has 0 aromatic heterocycles. The van der Waals surface area contributed by atoms with Crippen molar-refractivity contribution in [2.75, 3.05) is 20.2 Å². The molecule has 1 fully saturated rings. The van der Waals surface area contributed by atoms with Crippen LogP contribution in [0.15, 0.2) is 18.2 Å². The highest BCUT2D eigenvalue weighted by Gasteiger charge is 2.18. The molecule has 0 amide bonds. The van der Waals surface area contributed by atoms with Gasteiger partial charge in [-0.2, -0.15) is 0 Å². The highest BCUT2D eigenvalue weighted by molar-refractivity contribution is 5.91. The van der Waals surface area contributed by atoms with Crippen LogP contribution < -0.4 is 11.1 Å². The molecule has 3 N–H and O–H groups in total. The van der Waals surface area contributed by atoms with Crippen LogP contribution in [0, 0.1) is 0 Å². The van der Waals surface area contributed by atoms with E-state index in [4.69, 9.17) is 10.5 Å². The van der Waals surface area contributed by atoms with Gasteiger partial charge in [-0.05, 0) is 49.0 Å². The van der Waals surface area contributed by atoms with Gasteiger partial charge in [0, 0.05) is 6.54 Å². The number of esters is 1. The fraction of sp³-hybridized carbons (Fsp3) is 0.500. The highest BCUT2D eigenvalue weighted by atomic mass is 16.5. The van der Waals surface area contributed by atoms with Crippen LogP contribution in [0.3, 0.4) is 0 Å². The van der Waals surface area contributed by atoms with Gasteiger partial charge >= 0.3 is 5.97 Å². The molecule has 0 spiro atoms. The predicted octanol–water partition coefficient (Wildman–Crippen LogP) is 1.40. The number of benzene rings is 1. The van der Waals surface area contributed by atoms with Crippen molar-refractivity contribution in [1.29, 1.82) is 0 Å². The Morgan fingerprint density at radius 1 is 1.44 bits per heavy atom. The molecule has 0 radical (unpaired) electrons. The van der Waals surface area contributed by atoms with Gasteiger partial charge in [-0.3, -0.25) is 0 Å². The Bertz CT molecular complexity index is 426. The molecule has 4 heteroatoms. The largest absolute Gasteiger partial charge is 0.465 e. The summed E-state index contributed by atoms with van der Waals surface area (Å²) in [6.45, 7) is 2.48. The number of carbonyl (C=O) groups excluding carboxylic acids is 1. The summed E-state index contributed by atoms with van der Waals surface area (Å²) >= 11 is 0. The van der Waals surface area contributed by atoms with Crippen molar-refractivity contribution in [2.24, 2.45) is 5.73 Å². The predicted molar refractivity (Wildman–Crippen MR) is 70.5 cm³/mol. The van der Waals surface area contributed by atoms with Crippen LogP contribution in [-0.2, 0) is 11.3 Å². The Morgan fingerprint density at radius 2 is 2.17 bits per heavy atom. The van der Waals surface area contributed by atoms with Gasteiger partial charge in [0.2, 0.25) is 0 Å². The van der Waals surface area contributed by atoms with Crippen LogP contribution in [0.2, 0.25) is 0 Å². The zero-order valence-electron chi connectivity index (χ0n) is 10.7. The van der Waals surface area contributed by atoms with Gasteiger partial charge in [-0.25, -0.2) is 4.79 Å². The zero-order chi connectivity index (χ0) is 13.0. The van der Waals surface area contributed by atoms with Gasteiger partial charge in [-0.15, -0.1) is 0 Å².